The van der Waals surface area contributed by atoms with Crippen LogP contribution in [0.4, 0.5) is 10.5 Å². The van der Waals surface area contributed by atoms with Gasteiger partial charge in [-0.2, -0.15) is 0 Å². The maximum atomic E-state index is 12.1. The molecule has 0 spiro atoms. The summed E-state index contributed by atoms with van der Waals surface area (Å²) < 4.78 is 4.97. The van der Waals surface area contributed by atoms with E-state index in [2.05, 4.69) is 10.6 Å². The van der Waals surface area contributed by atoms with Crippen LogP contribution in [-0.2, 0) is 9.53 Å². The maximum Gasteiger partial charge on any atom is 0.339 e. The molecule has 1 aromatic carbocycles. The Morgan fingerprint density at radius 3 is 2.56 bits per heavy atom. The quantitative estimate of drug-likeness (QED) is 0.446. The predicted octanol–water partition coefficient (Wildman–Crippen LogP) is 2.95. The van der Waals surface area contributed by atoms with Crippen LogP contribution in [0.3, 0.4) is 0 Å². The fourth-order valence-electron chi connectivity index (χ4n) is 2.74. The Bertz CT molecular complexity index is 748. The van der Waals surface area contributed by atoms with Gasteiger partial charge in [0.1, 0.15) is 5.02 Å². The molecule has 27 heavy (non-hydrogen) atoms. The van der Waals surface area contributed by atoms with Crippen LogP contribution in [0.15, 0.2) is 18.2 Å². The minimum Gasteiger partial charge on any atom is -0.449 e. The van der Waals surface area contributed by atoms with Crippen molar-refractivity contribution in [1.82, 2.24) is 10.6 Å². The molecule has 1 atom stereocenters. The molecule has 0 radical (unpaired) electrons. The molecule has 10 heteroatoms. The third kappa shape index (κ3) is 5.92. The highest BCUT2D eigenvalue weighted by Crippen LogP contribution is 2.25. The number of ether oxygens (including phenoxy) is 1. The van der Waals surface area contributed by atoms with Crippen molar-refractivity contribution >= 4 is 35.2 Å². The van der Waals surface area contributed by atoms with Gasteiger partial charge in [0.15, 0.2) is 6.10 Å². The number of benzene rings is 1. The molecule has 0 unspecified atom stereocenters. The Labute approximate surface area is 160 Å². The van der Waals surface area contributed by atoms with E-state index in [9.17, 15) is 24.5 Å². The van der Waals surface area contributed by atoms with Crippen LogP contribution in [0.2, 0.25) is 5.02 Å². The largest absolute Gasteiger partial charge is 0.449 e. The number of rotatable bonds is 5. The zero-order valence-electron chi connectivity index (χ0n) is 14.7. The summed E-state index contributed by atoms with van der Waals surface area (Å²) in [4.78, 5) is 46.1. The van der Waals surface area contributed by atoms with Crippen LogP contribution in [0.5, 0.6) is 0 Å². The van der Waals surface area contributed by atoms with Crippen LogP contribution in [0.1, 0.15) is 49.4 Å². The van der Waals surface area contributed by atoms with Gasteiger partial charge in [-0.1, -0.05) is 30.9 Å². The molecule has 0 bridgehead atoms. The second kappa shape index (κ2) is 9.31. The molecular weight excluding hydrogens is 378 g/mol. The van der Waals surface area contributed by atoms with Crippen LogP contribution in [-0.4, -0.2) is 35.0 Å². The van der Waals surface area contributed by atoms with Crippen molar-refractivity contribution in [3.63, 3.8) is 0 Å². The Hall–Kier alpha value is -2.68. The number of esters is 1. The predicted molar refractivity (Wildman–Crippen MR) is 96.5 cm³/mol. The highest BCUT2D eigenvalue weighted by atomic mass is 35.5. The summed E-state index contributed by atoms with van der Waals surface area (Å²) in [5.74, 6) is -1.73. The number of nitro benzene ring substituents is 1. The van der Waals surface area contributed by atoms with E-state index in [1.807, 2.05) is 0 Å². The number of nitro groups is 1. The molecule has 1 saturated carbocycles. The lowest BCUT2D eigenvalue weighted by Gasteiger charge is -2.23. The number of nitrogens with zero attached hydrogens (tertiary/aromatic N) is 1. The molecule has 0 saturated heterocycles. The van der Waals surface area contributed by atoms with Gasteiger partial charge in [0.05, 0.1) is 10.5 Å². The van der Waals surface area contributed by atoms with Crippen molar-refractivity contribution in [3.05, 3.63) is 38.9 Å². The van der Waals surface area contributed by atoms with E-state index in [0.717, 1.165) is 38.2 Å². The van der Waals surface area contributed by atoms with Gasteiger partial charge < -0.3 is 10.1 Å². The maximum absolute atomic E-state index is 12.1. The lowest BCUT2D eigenvalue weighted by atomic mass is 9.96. The second-order valence-corrected chi connectivity index (χ2v) is 6.68. The smallest absolute Gasteiger partial charge is 0.339 e. The molecule has 1 aliphatic rings. The number of carbonyl (C=O) groups excluding carboxylic acids is 3. The number of halogens is 1. The first-order valence-corrected chi connectivity index (χ1v) is 8.92. The molecule has 0 heterocycles. The van der Waals surface area contributed by atoms with E-state index < -0.39 is 34.6 Å². The second-order valence-electron chi connectivity index (χ2n) is 6.27. The van der Waals surface area contributed by atoms with Gasteiger partial charge in [0.25, 0.3) is 11.6 Å². The van der Waals surface area contributed by atoms with Crippen LogP contribution < -0.4 is 10.6 Å². The average molecular weight is 398 g/mol. The molecule has 2 N–H and O–H groups in total. The van der Waals surface area contributed by atoms with Gasteiger partial charge in [0.2, 0.25) is 0 Å². The highest BCUT2D eigenvalue weighted by molar-refractivity contribution is 6.32. The van der Waals surface area contributed by atoms with E-state index in [4.69, 9.17) is 16.3 Å². The third-order valence-corrected chi connectivity index (χ3v) is 4.53. The van der Waals surface area contributed by atoms with Gasteiger partial charge >= 0.3 is 12.0 Å². The summed E-state index contributed by atoms with van der Waals surface area (Å²) in [5.41, 5.74) is -0.576. The minimum absolute atomic E-state index is 0.0269. The first-order chi connectivity index (χ1) is 12.8. The van der Waals surface area contributed by atoms with Gasteiger partial charge in [-0.05, 0) is 31.9 Å². The Kier molecular flexibility index (Phi) is 7.12. The summed E-state index contributed by atoms with van der Waals surface area (Å²) in [7, 11) is 0. The van der Waals surface area contributed by atoms with E-state index in [1.54, 1.807) is 0 Å². The first-order valence-electron chi connectivity index (χ1n) is 8.54. The van der Waals surface area contributed by atoms with E-state index >= 15 is 0 Å². The fraction of sp³-hybridized carbons (Fsp3) is 0.471. The molecule has 0 aromatic heterocycles. The lowest BCUT2D eigenvalue weighted by molar-refractivity contribution is -0.384. The number of urea groups is 1. The van der Waals surface area contributed by atoms with Gasteiger partial charge in [-0.25, -0.2) is 9.59 Å². The zero-order valence-corrected chi connectivity index (χ0v) is 15.5. The van der Waals surface area contributed by atoms with Crippen molar-refractivity contribution in [3.8, 4) is 0 Å². The van der Waals surface area contributed by atoms with Crippen molar-refractivity contribution in [2.45, 2.75) is 51.2 Å². The van der Waals surface area contributed by atoms with Crippen molar-refractivity contribution in [1.29, 1.82) is 0 Å². The van der Waals surface area contributed by atoms with E-state index in [0.29, 0.717) is 0 Å². The zero-order chi connectivity index (χ0) is 20.0. The molecule has 146 valence electrons. The lowest BCUT2D eigenvalue weighted by Crippen LogP contribution is -2.48. The summed E-state index contributed by atoms with van der Waals surface area (Å²) in [5, 5.41) is 15.6. The molecule has 2 rings (SSSR count). The standard InChI is InChI=1S/C17H20ClN3O6/c1-10(15(22)20-17(24)19-12-5-3-2-4-6-12)27-16(23)11-7-8-13(18)14(9-11)21(25)26/h7-10,12H,2-6H2,1H3,(H2,19,20,22,24)/t10-/m0/s1. The van der Waals surface area contributed by atoms with Gasteiger partial charge in [-0.3, -0.25) is 20.2 Å². The van der Waals surface area contributed by atoms with E-state index in [1.165, 1.54) is 19.1 Å². The van der Waals surface area contributed by atoms with Crippen LogP contribution in [0.25, 0.3) is 0 Å². The average Bonchev–Trinajstić information content (AvgIpc) is 2.62. The van der Waals surface area contributed by atoms with Crippen LogP contribution >= 0.6 is 11.6 Å². The molecule has 1 fully saturated rings. The van der Waals surface area contributed by atoms with E-state index in [-0.39, 0.29) is 16.6 Å². The topological polar surface area (TPSA) is 128 Å². The number of imide groups is 1. The molecule has 1 aromatic rings. The molecule has 9 nitrogen and oxygen atoms in total. The number of hydrogen-bond acceptors (Lipinski definition) is 6. The Balaban J connectivity index is 1.89. The third-order valence-electron chi connectivity index (χ3n) is 4.21. The number of hydrogen-bond donors (Lipinski definition) is 2. The first kappa shape index (κ1) is 20.6. The minimum atomic E-state index is -1.26. The summed E-state index contributed by atoms with van der Waals surface area (Å²) in [6.45, 7) is 1.30. The molecule has 1 aliphatic carbocycles. The summed E-state index contributed by atoms with van der Waals surface area (Å²) in [6.07, 6.45) is 3.65. The number of carbonyl (C=O) groups is 3. The highest BCUT2D eigenvalue weighted by Gasteiger charge is 2.24. The molecule has 3 amide bonds. The normalized spacial score (nSPS) is 15.5. The SMILES string of the molecule is C[C@H](OC(=O)c1ccc(Cl)c([N+](=O)[O-])c1)C(=O)NC(=O)NC1CCCCC1. The molecule has 0 aliphatic heterocycles. The summed E-state index contributed by atoms with van der Waals surface area (Å²) >= 11 is 5.69. The van der Waals surface area contributed by atoms with Gasteiger partial charge in [0, 0.05) is 12.1 Å². The van der Waals surface area contributed by atoms with Crippen LogP contribution in [0, 0.1) is 10.1 Å². The fourth-order valence-corrected chi connectivity index (χ4v) is 2.93. The monoisotopic (exact) mass is 397 g/mol. The van der Waals surface area contributed by atoms with Crippen molar-refractivity contribution in [2.75, 3.05) is 0 Å². The van der Waals surface area contributed by atoms with Crippen molar-refractivity contribution in [2.24, 2.45) is 0 Å². The van der Waals surface area contributed by atoms with Gasteiger partial charge in [-0.15, -0.1) is 0 Å². The number of nitrogens with one attached hydrogen (secondary N) is 2. The Morgan fingerprint density at radius 1 is 1.26 bits per heavy atom. The van der Waals surface area contributed by atoms with Crippen molar-refractivity contribution < 1.29 is 24.0 Å². The molecular formula is C17H20ClN3O6. The Morgan fingerprint density at radius 2 is 1.93 bits per heavy atom. The summed E-state index contributed by atoms with van der Waals surface area (Å²) in [6, 6.07) is 2.79. The number of amides is 3.